The summed E-state index contributed by atoms with van der Waals surface area (Å²) in [7, 11) is 1.48. The standard InChI is InChI=1S/C24H21FN4O2/c1-14-27-12-16(13-28-14)4-3-15-5-7-19-20(11-23(24(26)30)29-22(19)9-15)18-8-6-17(31-2)10-21(18)25/h5-13H,3-4H2,1-2H3,(H2,26,30)/p+1. The zero-order valence-corrected chi connectivity index (χ0v) is 17.3. The number of pyridine rings is 1. The SMILES string of the molecule is COc1ccc(-c2cc(C(N)=O)[nH+]c3cc(CCc4cnc(C)nc4)ccc23)c(F)c1. The summed E-state index contributed by atoms with van der Waals surface area (Å²) in [5.41, 5.74) is 9.50. The zero-order valence-electron chi connectivity index (χ0n) is 17.3. The number of halogens is 1. The molecule has 2 heterocycles. The van der Waals surface area contributed by atoms with Gasteiger partial charge in [-0.3, -0.25) is 4.79 Å². The number of amides is 1. The molecular weight excluding hydrogens is 395 g/mol. The molecule has 4 aromatic rings. The van der Waals surface area contributed by atoms with E-state index in [1.807, 2.05) is 37.5 Å². The number of nitrogens with zero attached hydrogens (tertiary/aromatic N) is 2. The first-order chi connectivity index (χ1) is 14.9. The zero-order chi connectivity index (χ0) is 22.0. The molecule has 0 aliphatic rings. The van der Waals surface area contributed by atoms with E-state index in [0.717, 1.165) is 35.2 Å². The molecule has 0 bridgehead atoms. The molecule has 2 aromatic carbocycles. The molecule has 0 spiro atoms. The van der Waals surface area contributed by atoms with Crippen molar-refractivity contribution in [2.24, 2.45) is 5.73 Å². The van der Waals surface area contributed by atoms with Crippen molar-refractivity contribution >= 4 is 16.8 Å². The average molecular weight is 417 g/mol. The van der Waals surface area contributed by atoms with Gasteiger partial charge in [0.15, 0.2) is 0 Å². The fraction of sp³-hybridized carbons (Fsp3) is 0.167. The van der Waals surface area contributed by atoms with Crippen molar-refractivity contribution in [3.05, 3.63) is 83.3 Å². The Labute approximate surface area is 178 Å². The summed E-state index contributed by atoms with van der Waals surface area (Å²) in [6.07, 6.45) is 5.20. The predicted molar refractivity (Wildman–Crippen MR) is 115 cm³/mol. The molecule has 4 rings (SSSR count). The number of primary amides is 1. The number of rotatable bonds is 6. The number of aromatic nitrogens is 3. The summed E-state index contributed by atoms with van der Waals surface area (Å²) in [6, 6.07) is 12.1. The van der Waals surface area contributed by atoms with Gasteiger partial charge in [-0.25, -0.2) is 19.3 Å². The van der Waals surface area contributed by atoms with Gasteiger partial charge in [-0.2, -0.15) is 0 Å². The number of nitrogens with two attached hydrogens (primary N) is 1. The monoisotopic (exact) mass is 417 g/mol. The lowest BCUT2D eigenvalue weighted by molar-refractivity contribution is -0.348. The van der Waals surface area contributed by atoms with E-state index in [-0.39, 0.29) is 5.69 Å². The predicted octanol–water partition coefficient (Wildman–Crippen LogP) is 3.45. The molecule has 3 N–H and O–H groups in total. The Bertz CT molecular complexity index is 1270. The number of carbonyl (C=O) groups is 1. The number of aryl methyl sites for hydroxylation is 3. The van der Waals surface area contributed by atoms with Crippen LogP contribution in [0.5, 0.6) is 5.75 Å². The molecule has 7 heteroatoms. The second kappa shape index (κ2) is 8.47. The fourth-order valence-corrected chi connectivity index (χ4v) is 3.52. The van der Waals surface area contributed by atoms with E-state index in [1.165, 1.54) is 13.2 Å². The first kappa shape index (κ1) is 20.4. The lowest BCUT2D eigenvalue weighted by atomic mass is 9.97. The molecule has 0 aliphatic heterocycles. The van der Waals surface area contributed by atoms with Crippen LogP contribution in [0.4, 0.5) is 4.39 Å². The molecule has 0 saturated carbocycles. The highest BCUT2D eigenvalue weighted by Crippen LogP contribution is 2.32. The molecule has 1 amide bonds. The van der Waals surface area contributed by atoms with Crippen molar-refractivity contribution in [2.45, 2.75) is 19.8 Å². The molecule has 0 aliphatic carbocycles. The molecule has 6 nitrogen and oxygen atoms in total. The van der Waals surface area contributed by atoms with E-state index in [2.05, 4.69) is 15.0 Å². The van der Waals surface area contributed by atoms with Gasteiger partial charge >= 0.3 is 5.91 Å². The Balaban J connectivity index is 1.75. The van der Waals surface area contributed by atoms with Gasteiger partial charge in [0.25, 0.3) is 5.69 Å². The van der Waals surface area contributed by atoms with Crippen LogP contribution in [0.15, 0.2) is 54.9 Å². The van der Waals surface area contributed by atoms with Crippen molar-refractivity contribution in [3.63, 3.8) is 0 Å². The number of H-pyrrole nitrogens is 1. The number of methoxy groups -OCH3 is 1. The highest BCUT2D eigenvalue weighted by Gasteiger charge is 2.19. The lowest BCUT2D eigenvalue weighted by Crippen LogP contribution is -2.24. The number of ether oxygens (including phenoxy) is 1. The van der Waals surface area contributed by atoms with Gasteiger partial charge in [0.1, 0.15) is 17.4 Å². The van der Waals surface area contributed by atoms with Crippen LogP contribution in [0.1, 0.15) is 27.4 Å². The maximum absolute atomic E-state index is 14.8. The maximum atomic E-state index is 14.8. The summed E-state index contributed by atoms with van der Waals surface area (Å²) in [5.74, 6) is 0.108. The Morgan fingerprint density at radius 1 is 1.03 bits per heavy atom. The number of aromatic amines is 1. The number of nitrogens with one attached hydrogen (secondary N) is 1. The Morgan fingerprint density at radius 2 is 1.77 bits per heavy atom. The van der Waals surface area contributed by atoms with Crippen LogP contribution in [0.2, 0.25) is 0 Å². The smallest absolute Gasteiger partial charge is 0.313 e. The second-order valence-corrected chi connectivity index (χ2v) is 7.33. The van der Waals surface area contributed by atoms with Crippen LogP contribution < -0.4 is 15.5 Å². The van der Waals surface area contributed by atoms with Crippen molar-refractivity contribution in [2.75, 3.05) is 7.11 Å². The number of carbonyl (C=O) groups excluding carboxylic acids is 1. The molecule has 0 fully saturated rings. The summed E-state index contributed by atoms with van der Waals surface area (Å²) in [4.78, 5) is 23.4. The van der Waals surface area contributed by atoms with Gasteiger partial charge in [0, 0.05) is 41.7 Å². The number of hydrogen-bond donors (Lipinski definition) is 1. The van der Waals surface area contributed by atoms with Crippen molar-refractivity contribution in [1.82, 2.24) is 9.97 Å². The van der Waals surface area contributed by atoms with Crippen LogP contribution >= 0.6 is 0 Å². The summed E-state index contributed by atoms with van der Waals surface area (Å²) >= 11 is 0. The van der Waals surface area contributed by atoms with E-state index in [4.69, 9.17) is 10.5 Å². The molecule has 2 aromatic heterocycles. The summed E-state index contributed by atoms with van der Waals surface area (Å²) in [6.45, 7) is 1.85. The minimum atomic E-state index is -0.612. The van der Waals surface area contributed by atoms with Crippen LogP contribution in [0.25, 0.3) is 22.0 Å². The number of hydrogen-bond acceptors (Lipinski definition) is 4. The Kier molecular flexibility index (Phi) is 5.58. The Hall–Kier alpha value is -3.87. The summed E-state index contributed by atoms with van der Waals surface area (Å²) in [5, 5.41) is 0.788. The van der Waals surface area contributed by atoms with E-state index in [9.17, 15) is 9.18 Å². The first-order valence-corrected chi connectivity index (χ1v) is 9.85. The van der Waals surface area contributed by atoms with E-state index in [1.54, 1.807) is 18.2 Å². The third-order valence-electron chi connectivity index (χ3n) is 5.20. The van der Waals surface area contributed by atoms with E-state index in [0.29, 0.717) is 22.4 Å². The van der Waals surface area contributed by atoms with Crippen LogP contribution in [-0.2, 0) is 12.8 Å². The molecule has 0 atom stereocenters. The van der Waals surface area contributed by atoms with Gasteiger partial charge < -0.3 is 10.5 Å². The molecule has 0 saturated heterocycles. The average Bonchev–Trinajstić information content (AvgIpc) is 2.77. The van der Waals surface area contributed by atoms with Crippen LogP contribution in [0, 0.1) is 12.7 Å². The lowest BCUT2D eigenvalue weighted by Gasteiger charge is -2.09. The number of fused-ring (bicyclic) bond motifs is 1. The van der Waals surface area contributed by atoms with E-state index < -0.39 is 11.7 Å². The van der Waals surface area contributed by atoms with Gasteiger partial charge in [-0.05, 0) is 49.1 Å². The third kappa shape index (κ3) is 4.35. The third-order valence-corrected chi connectivity index (χ3v) is 5.20. The minimum absolute atomic E-state index is 0.210. The molecule has 0 radical (unpaired) electrons. The molecule has 31 heavy (non-hydrogen) atoms. The first-order valence-electron chi connectivity index (χ1n) is 9.85. The van der Waals surface area contributed by atoms with Crippen LogP contribution in [0.3, 0.4) is 0 Å². The molecule has 0 unspecified atom stereocenters. The van der Waals surface area contributed by atoms with E-state index >= 15 is 0 Å². The van der Waals surface area contributed by atoms with Crippen molar-refractivity contribution in [1.29, 1.82) is 0 Å². The Morgan fingerprint density at radius 3 is 2.45 bits per heavy atom. The van der Waals surface area contributed by atoms with Crippen LogP contribution in [-0.4, -0.2) is 23.0 Å². The maximum Gasteiger partial charge on any atom is 0.313 e. The fourth-order valence-electron chi connectivity index (χ4n) is 3.52. The topological polar surface area (TPSA) is 92.2 Å². The molecule has 156 valence electrons. The highest BCUT2D eigenvalue weighted by molar-refractivity contribution is 5.98. The van der Waals surface area contributed by atoms with Gasteiger partial charge in [0.2, 0.25) is 5.52 Å². The minimum Gasteiger partial charge on any atom is -0.497 e. The molecular formula is C24H22FN4O2+. The van der Waals surface area contributed by atoms with Gasteiger partial charge in [0.05, 0.1) is 12.5 Å². The summed E-state index contributed by atoms with van der Waals surface area (Å²) < 4.78 is 19.9. The highest BCUT2D eigenvalue weighted by atomic mass is 19.1. The van der Waals surface area contributed by atoms with Gasteiger partial charge in [-0.1, -0.05) is 6.07 Å². The quantitative estimate of drug-likeness (QED) is 0.520. The van der Waals surface area contributed by atoms with Crippen molar-refractivity contribution in [3.8, 4) is 16.9 Å². The van der Waals surface area contributed by atoms with Crippen molar-refractivity contribution < 1.29 is 18.9 Å². The van der Waals surface area contributed by atoms with Gasteiger partial charge in [-0.15, -0.1) is 0 Å². The largest absolute Gasteiger partial charge is 0.497 e. The second-order valence-electron chi connectivity index (χ2n) is 7.33. The normalized spacial score (nSPS) is 10.9. The number of benzene rings is 2.